The van der Waals surface area contributed by atoms with E-state index < -0.39 is 9.84 Å². The first-order valence-electron chi connectivity index (χ1n) is 6.02. The van der Waals surface area contributed by atoms with Crippen LogP contribution in [0, 0.1) is 0 Å². The lowest BCUT2D eigenvalue weighted by Gasteiger charge is -2.12. The molecule has 19 heavy (non-hydrogen) atoms. The molecule has 0 aliphatic carbocycles. The number of hydrogen-bond acceptors (Lipinski definition) is 4. The monoisotopic (exact) mass is 295 g/mol. The van der Waals surface area contributed by atoms with Crippen molar-refractivity contribution in [2.24, 2.45) is 0 Å². The highest BCUT2D eigenvalue weighted by molar-refractivity contribution is 7.90. The van der Waals surface area contributed by atoms with Crippen LogP contribution in [0.5, 0.6) is 0 Å². The summed E-state index contributed by atoms with van der Waals surface area (Å²) in [7, 11) is -3.11. The Balaban J connectivity index is 1.97. The van der Waals surface area contributed by atoms with E-state index in [-0.39, 0.29) is 0 Å². The highest BCUT2D eigenvalue weighted by Gasteiger charge is 2.08. The van der Waals surface area contributed by atoms with Gasteiger partial charge in [0.2, 0.25) is 0 Å². The van der Waals surface area contributed by atoms with Crippen molar-refractivity contribution in [1.29, 1.82) is 0 Å². The zero-order valence-corrected chi connectivity index (χ0v) is 12.6. The van der Waals surface area contributed by atoms with Crippen LogP contribution in [0.4, 0.5) is 0 Å². The number of nitrogens with one attached hydrogen (secondary N) is 1. The third-order valence-electron chi connectivity index (χ3n) is 2.93. The van der Waals surface area contributed by atoms with E-state index in [0.29, 0.717) is 10.9 Å². The largest absolute Gasteiger partial charge is 0.305 e. The highest BCUT2D eigenvalue weighted by atomic mass is 32.2. The van der Waals surface area contributed by atoms with Crippen molar-refractivity contribution in [3.63, 3.8) is 0 Å². The van der Waals surface area contributed by atoms with Crippen molar-refractivity contribution in [3.05, 3.63) is 52.2 Å². The Morgan fingerprint density at radius 3 is 2.42 bits per heavy atom. The first-order chi connectivity index (χ1) is 8.97. The van der Waals surface area contributed by atoms with Gasteiger partial charge in [-0.1, -0.05) is 18.2 Å². The molecular weight excluding hydrogens is 278 g/mol. The predicted octanol–water partition coefficient (Wildman–Crippen LogP) is 3.00. The minimum absolute atomic E-state index is 0.301. The summed E-state index contributed by atoms with van der Waals surface area (Å²) in [5.74, 6) is 0. The second kappa shape index (κ2) is 5.86. The van der Waals surface area contributed by atoms with Crippen LogP contribution >= 0.6 is 11.3 Å². The van der Waals surface area contributed by atoms with Crippen LogP contribution in [0.25, 0.3) is 0 Å². The fraction of sp³-hybridized carbons (Fsp3) is 0.286. The van der Waals surface area contributed by atoms with Crippen LogP contribution in [0.15, 0.2) is 46.7 Å². The number of benzene rings is 1. The first-order valence-corrected chi connectivity index (χ1v) is 8.80. The molecule has 0 spiro atoms. The maximum atomic E-state index is 11.4. The first kappa shape index (κ1) is 14.2. The summed E-state index contributed by atoms with van der Waals surface area (Å²) in [6.07, 6.45) is 1.22. The zero-order chi connectivity index (χ0) is 13.9. The second-order valence-electron chi connectivity index (χ2n) is 4.53. The summed E-state index contributed by atoms with van der Waals surface area (Å²) >= 11 is 1.73. The Bertz CT molecular complexity index is 616. The van der Waals surface area contributed by atoms with E-state index in [1.807, 2.05) is 18.2 Å². The van der Waals surface area contributed by atoms with E-state index in [1.165, 1.54) is 11.1 Å². The SMILES string of the molecule is CC(NCc1ccc(S(C)(=O)=O)cc1)c1cccs1. The maximum Gasteiger partial charge on any atom is 0.175 e. The van der Waals surface area contributed by atoms with Crippen LogP contribution in [0.2, 0.25) is 0 Å². The third-order valence-corrected chi connectivity index (χ3v) is 5.12. The van der Waals surface area contributed by atoms with Crippen molar-refractivity contribution in [3.8, 4) is 0 Å². The molecule has 0 saturated heterocycles. The van der Waals surface area contributed by atoms with Crippen LogP contribution < -0.4 is 5.32 Å². The Labute approximate surface area is 118 Å². The van der Waals surface area contributed by atoms with Gasteiger partial charge < -0.3 is 5.32 Å². The second-order valence-corrected chi connectivity index (χ2v) is 7.53. The van der Waals surface area contributed by atoms with Crippen molar-refractivity contribution in [2.45, 2.75) is 24.4 Å². The molecule has 0 amide bonds. The molecule has 0 radical (unpaired) electrons. The molecule has 0 fully saturated rings. The standard InChI is InChI=1S/C14H17NO2S2/c1-11(14-4-3-9-18-14)15-10-12-5-7-13(8-6-12)19(2,16)17/h3-9,11,15H,10H2,1-2H3. The number of rotatable bonds is 5. The molecule has 0 saturated carbocycles. The van der Waals surface area contributed by atoms with Crippen molar-refractivity contribution >= 4 is 21.2 Å². The molecular formula is C14H17NO2S2. The fourth-order valence-electron chi connectivity index (χ4n) is 1.76. The molecule has 1 aromatic carbocycles. The van der Waals surface area contributed by atoms with Gasteiger partial charge in [-0.2, -0.15) is 0 Å². The molecule has 1 N–H and O–H groups in total. The average molecular weight is 295 g/mol. The Morgan fingerprint density at radius 1 is 1.21 bits per heavy atom. The minimum atomic E-state index is -3.11. The molecule has 5 heteroatoms. The molecule has 2 rings (SSSR count). The van der Waals surface area contributed by atoms with Gasteiger partial charge in [-0.05, 0) is 36.1 Å². The summed E-state index contributed by atoms with van der Waals surface area (Å²) in [4.78, 5) is 1.66. The summed E-state index contributed by atoms with van der Waals surface area (Å²) in [6.45, 7) is 2.85. The lowest BCUT2D eigenvalue weighted by Crippen LogP contribution is -2.17. The van der Waals surface area contributed by atoms with Gasteiger partial charge >= 0.3 is 0 Å². The van der Waals surface area contributed by atoms with Gasteiger partial charge in [-0.3, -0.25) is 0 Å². The fourth-order valence-corrected chi connectivity index (χ4v) is 3.15. The molecule has 3 nitrogen and oxygen atoms in total. The van der Waals surface area contributed by atoms with E-state index in [0.717, 1.165) is 12.1 Å². The summed E-state index contributed by atoms with van der Waals surface area (Å²) in [6, 6.07) is 11.5. The average Bonchev–Trinajstić information content (AvgIpc) is 2.89. The molecule has 0 aliphatic heterocycles. The number of sulfone groups is 1. The smallest absolute Gasteiger partial charge is 0.175 e. The van der Waals surface area contributed by atoms with E-state index in [4.69, 9.17) is 0 Å². The van der Waals surface area contributed by atoms with E-state index in [9.17, 15) is 8.42 Å². The number of thiophene rings is 1. The third kappa shape index (κ3) is 3.89. The van der Waals surface area contributed by atoms with E-state index in [2.05, 4.69) is 23.7 Å². The van der Waals surface area contributed by atoms with Gasteiger partial charge in [-0.25, -0.2) is 8.42 Å². The quantitative estimate of drug-likeness (QED) is 0.922. The van der Waals surface area contributed by atoms with Crippen LogP contribution in [0.1, 0.15) is 23.4 Å². The van der Waals surface area contributed by atoms with Gasteiger partial charge in [0.1, 0.15) is 0 Å². The zero-order valence-electron chi connectivity index (χ0n) is 11.0. The molecule has 1 atom stereocenters. The predicted molar refractivity (Wildman–Crippen MR) is 79.1 cm³/mol. The molecule has 1 unspecified atom stereocenters. The van der Waals surface area contributed by atoms with Gasteiger partial charge in [0.25, 0.3) is 0 Å². The Hall–Kier alpha value is -1.17. The molecule has 1 heterocycles. The molecule has 102 valence electrons. The summed E-state index contributed by atoms with van der Waals surface area (Å²) in [5, 5.41) is 5.48. The molecule has 0 bridgehead atoms. The lowest BCUT2D eigenvalue weighted by atomic mass is 10.2. The van der Waals surface area contributed by atoms with Crippen LogP contribution in [-0.4, -0.2) is 14.7 Å². The van der Waals surface area contributed by atoms with Crippen molar-refractivity contribution < 1.29 is 8.42 Å². The lowest BCUT2D eigenvalue weighted by molar-refractivity contribution is 0.582. The minimum Gasteiger partial charge on any atom is -0.305 e. The maximum absolute atomic E-state index is 11.4. The van der Waals surface area contributed by atoms with Gasteiger partial charge in [-0.15, -0.1) is 11.3 Å². The topological polar surface area (TPSA) is 46.2 Å². The van der Waals surface area contributed by atoms with E-state index in [1.54, 1.807) is 23.5 Å². The number of hydrogen-bond donors (Lipinski definition) is 1. The van der Waals surface area contributed by atoms with Crippen LogP contribution in [0.3, 0.4) is 0 Å². The summed E-state index contributed by atoms with van der Waals surface area (Å²) < 4.78 is 22.7. The molecule has 1 aromatic heterocycles. The normalized spacial score (nSPS) is 13.4. The van der Waals surface area contributed by atoms with Crippen LogP contribution in [-0.2, 0) is 16.4 Å². The van der Waals surface area contributed by atoms with Gasteiger partial charge in [0.05, 0.1) is 4.90 Å². The van der Waals surface area contributed by atoms with E-state index >= 15 is 0 Å². The Kier molecular flexibility index (Phi) is 4.39. The van der Waals surface area contributed by atoms with Gasteiger partial charge in [0, 0.05) is 23.7 Å². The summed E-state index contributed by atoms with van der Waals surface area (Å²) in [5.41, 5.74) is 1.08. The van der Waals surface area contributed by atoms with Crippen molar-refractivity contribution in [2.75, 3.05) is 6.26 Å². The molecule has 2 aromatic rings. The van der Waals surface area contributed by atoms with Gasteiger partial charge in [0.15, 0.2) is 9.84 Å². The van der Waals surface area contributed by atoms with Crippen molar-refractivity contribution in [1.82, 2.24) is 5.32 Å². The Morgan fingerprint density at radius 2 is 1.89 bits per heavy atom. The highest BCUT2D eigenvalue weighted by Crippen LogP contribution is 2.18. The molecule has 0 aliphatic rings.